The third kappa shape index (κ3) is 3.84. The SMILES string of the molecule is O=C(C1CCCN1C(=O)OCc1ccccc1)N1CC2C[C@H](C1)Cn1c2cccc1=O. The minimum absolute atomic E-state index is 0.00980. The highest BCUT2D eigenvalue weighted by Crippen LogP contribution is 2.36. The zero-order chi connectivity index (χ0) is 21.4. The molecule has 2 bridgehead atoms. The highest BCUT2D eigenvalue weighted by molar-refractivity contribution is 5.86. The van der Waals surface area contributed by atoms with Crippen LogP contribution in [0.4, 0.5) is 4.79 Å². The molecule has 0 aliphatic carbocycles. The molecule has 162 valence electrons. The summed E-state index contributed by atoms with van der Waals surface area (Å²) >= 11 is 0. The van der Waals surface area contributed by atoms with E-state index in [1.165, 1.54) is 0 Å². The molecule has 3 atom stereocenters. The fourth-order valence-electron chi connectivity index (χ4n) is 5.33. The van der Waals surface area contributed by atoms with E-state index in [0.717, 1.165) is 24.1 Å². The first-order valence-corrected chi connectivity index (χ1v) is 11.1. The fourth-order valence-corrected chi connectivity index (χ4v) is 5.33. The van der Waals surface area contributed by atoms with Crippen molar-refractivity contribution in [2.24, 2.45) is 5.92 Å². The lowest BCUT2D eigenvalue weighted by Gasteiger charge is -2.43. The number of piperidine rings is 1. The molecule has 2 saturated heterocycles. The van der Waals surface area contributed by atoms with Gasteiger partial charge in [0, 0.05) is 43.9 Å². The van der Waals surface area contributed by atoms with E-state index in [-0.39, 0.29) is 29.9 Å². The molecule has 0 N–H and O–H groups in total. The lowest BCUT2D eigenvalue weighted by Crippen LogP contribution is -2.54. The van der Waals surface area contributed by atoms with Crippen molar-refractivity contribution in [3.05, 3.63) is 70.1 Å². The zero-order valence-electron chi connectivity index (χ0n) is 17.5. The minimum Gasteiger partial charge on any atom is -0.445 e. The third-order valence-corrected chi connectivity index (χ3v) is 6.77. The number of ether oxygens (including phenoxy) is 1. The van der Waals surface area contributed by atoms with Crippen molar-refractivity contribution < 1.29 is 14.3 Å². The predicted octanol–water partition coefficient (Wildman–Crippen LogP) is 2.60. The maximum absolute atomic E-state index is 13.4. The van der Waals surface area contributed by atoms with Gasteiger partial charge in [0.25, 0.3) is 5.56 Å². The van der Waals surface area contributed by atoms with Crippen molar-refractivity contribution in [3.63, 3.8) is 0 Å². The average molecular weight is 421 g/mol. The average Bonchev–Trinajstić information content (AvgIpc) is 3.28. The van der Waals surface area contributed by atoms with Crippen molar-refractivity contribution in [2.45, 2.75) is 44.4 Å². The molecular formula is C24H27N3O4. The van der Waals surface area contributed by atoms with Crippen LogP contribution in [0.15, 0.2) is 53.3 Å². The number of benzene rings is 1. The predicted molar refractivity (Wildman–Crippen MR) is 114 cm³/mol. The van der Waals surface area contributed by atoms with Crippen molar-refractivity contribution >= 4 is 12.0 Å². The molecule has 3 aliphatic heterocycles. The molecule has 5 rings (SSSR count). The van der Waals surface area contributed by atoms with E-state index in [0.29, 0.717) is 32.6 Å². The molecule has 0 spiro atoms. The fraction of sp³-hybridized carbons (Fsp3) is 0.458. The highest BCUT2D eigenvalue weighted by atomic mass is 16.6. The molecule has 2 unspecified atom stereocenters. The van der Waals surface area contributed by atoms with E-state index in [4.69, 9.17) is 4.74 Å². The van der Waals surface area contributed by atoms with Crippen LogP contribution in [-0.2, 0) is 22.7 Å². The van der Waals surface area contributed by atoms with Crippen molar-refractivity contribution in [3.8, 4) is 0 Å². The largest absolute Gasteiger partial charge is 0.445 e. The van der Waals surface area contributed by atoms with E-state index in [1.807, 2.05) is 45.9 Å². The normalized spacial score (nSPS) is 24.6. The Kier molecular flexibility index (Phi) is 5.26. The second kappa shape index (κ2) is 8.21. The zero-order valence-corrected chi connectivity index (χ0v) is 17.5. The Morgan fingerprint density at radius 3 is 2.68 bits per heavy atom. The highest BCUT2D eigenvalue weighted by Gasteiger charge is 2.42. The quantitative estimate of drug-likeness (QED) is 0.764. The molecule has 0 radical (unpaired) electrons. The molecule has 1 aromatic carbocycles. The van der Waals surface area contributed by atoms with Gasteiger partial charge in [0.1, 0.15) is 12.6 Å². The van der Waals surface area contributed by atoms with Crippen LogP contribution >= 0.6 is 0 Å². The summed E-state index contributed by atoms with van der Waals surface area (Å²) in [7, 11) is 0. The summed E-state index contributed by atoms with van der Waals surface area (Å²) < 4.78 is 7.36. The van der Waals surface area contributed by atoms with Crippen LogP contribution in [0.1, 0.15) is 36.4 Å². The minimum atomic E-state index is -0.458. The summed E-state index contributed by atoms with van der Waals surface area (Å²) in [5.41, 5.74) is 1.98. The van der Waals surface area contributed by atoms with Gasteiger partial charge < -0.3 is 14.2 Å². The second-order valence-electron chi connectivity index (χ2n) is 8.83. The van der Waals surface area contributed by atoms with Gasteiger partial charge in [-0.3, -0.25) is 14.5 Å². The maximum atomic E-state index is 13.4. The number of amides is 2. The summed E-state index contributed by atoms with van der Waals surface area (Å²) in [5, 5.41) is 0. The molecule has 2 fully saturated rings. The monoisotopic (exact) mass is 421 g/mol. The van der Waals surface area contributed by atoms with Crippen molar-refractivity contribution in [1.29, 1.82) is 0 Å². The first-order valence-electron chi connectivity index (χ1n) is 11.1. The van der Waals surface area contributed by atoms with Crippen LogP contribution in [0, 0.1) is 5.92 Å². The summed E-state index contributed by atoms with van der Waals surface area (Å²) in [6.07, 6.45) is 2.05. The first-order chi connectivity index (χ1) is 15.1. The Labute approximate surface area is 181 Å². The van der Waals surface area contributed by atoms with E-state index in [9.17, 15) is 14.4 Å². The van der Waals surface area contributed by atoms with Gasteiger partial charge in [0.05, 0.1) is 0 Å². The van der Waals surface area contributed by atoms with Gasteiger partial charge in [-0.1, -0.05) is 36.4 Å². The topological polar surface area (TPSA) is 71.8 Å². The van der Waals surface area contributed by atoms with Gasteiger partial charge in [-0.05, 0) is 36.8 Å². The van der Waals surface area contributed by atoms with Crippen LogP contribution in [0.25, 0.3) is 0 Å². The Balaban J connectivity index is 1.26. The number of nitrogens with zero attached hydrogens (tertiary/aromatic N) is 3. The van der Waals surface area contributed by atoms with E-state index in [1.54, 1.807) is 17.0 Å². The molecule has 2 aromatic rings. The number of carbonyl (C=O) groups is 2. The molecule has 2 amide bonds. The molecule has 3 aliphatic rings. The van der Waals surface area contributed by atoms with Crippen LogP contribution in [0.2, 0.25) is 0 Å². The number of rotatable bonds is 3. The van der Waals surface area contributed by atoms with Gasteiger partial charge in [-0.25, -0.2) is 4.79 Å². The van der Waals surface area contributed by atoms with Crippen LogP contribution in [-0.4, -0.2) is 52.0 Å². The third-order valence-electron chi connectivity index (χ3n) is 6.77. The number of hydrogen-bond acceptors (Lipinski definition) is 4. The lowest BCUT2D eigenvalue weighted by atomic mass is 9.83. The van der Waals surface area contributed by atoms with Crippen LogP contribution in [0.3, 0.4) is 0 Å². The van der Waals surface area contributed by atoms with Gasteiger partial charge in [0.15, 0.2) is 0 Å². The Bertz CT molecular complexity index is 1030. The number of likely N-dealkylation sites (tertiary alicyclic amines) is 2. The maximum Gasteiger partial charge on any atom is 0.410 e. The van der Waals surface area contributed by atoms with E-state index >= 15 is 0 Å². The standard InChI is InChI=1S/C24H27N3O4/c28-22-10-4-8-20-19-12-18(14-27(20)22)13-25(15-19)23(29)21-9-5-11-26(21)24(30)31-16-17-6-2-1-3-7-17/h1-4,6-8,10,18-19,21H,5,9,11-16H2/t18-,19?,21?/m1/s1. The number of carbonyl (C=O) groups excluding carboxylic acids is 2. The van der Waals surface area contributed by atoms with E-state index in [2.05, 4.69) is 0 Å². The van der Waals surface area contributed by atoms with Crippen molar-refractivity contribution in [2.75, 3.05) is 19.6 Å². The molecular weight excluding hydrogens is 394 g/mol. The summed E-state index contributed by atoms with van der Waals surface area (Å²) in [6.45, 7) is 2.64. The summed E-state index contributed by atoms with van der Waals surface area (Å²) in [5.74, 6) is 0.455. The Morgan fingerprint density at radius 2 is 1.84 bits per heavy atom. The number of hydrogen-bond donors (Lipinski definition) is 0. The van der Waals surface area contributed by atoms with E-state index < -0.39 is 12.1 Å². The Hall–Kier alpha value is -3.09. The number of aromatic nitrogens is 1. The molecule has 7 nitrogen and oxygen atoms in total. The number of pyridine rings is 1. The van der Waals surface area contributed by atoms with Gasteiger partial charge in [-0.2, -0.15) is 0 Å². The molecule has 4 heterocycles. The summed E-state index contributed by atoms with van der Waals surface area (Å²) in [6, 6.07) is 14.5. The summed E-state index contributed by atoms with van der Waals surface area (Å²) in [4.78, 5) is 41.8. The smallest absolute Gasteiger partial charge is 0.410 e. The second-order valence-corrected chi connectivity index (χ2v) is 8.83. The lowest BCUT2D eigenvalue weighted by molar-refractivity contribution is -0.138. The Morgan fingerprint density at radius 1 is 1.00 bits per heavy atom. The molecule has 0 saturated carbocycles. The van der Waals surface area contributed by atoms with Gasteiger partial charge in [0.2, 0.25) is 5.91 Å². The van der Waals surface area contributed by atoms with Crippen molar-refractivity contribution in [1.82, 2.24) is 14.4 Å². The molecule has 31 heavy (non-hydrogen) atoms. The first kappa shape index (κ1) is 19.8. The van der Waals surface area contributed by atoms with Gasteiger partial charge in [-0.15, -0.1) is 0 Å². The van der Waals surface area contributed by atoms with Gasteiger partial charge >= 0.3 is 6.09 Å². The molecule has 7 heteroatoms. The number of fused-ring (bicyclic) bond motifs is 4. The molecule has 1 aromatic heterocycles. The van der Waals surface area contributed by atoms with Crippen LogP contribution in [0.5, 0.6) is 0 Å². The van der Waals surface area contributed by atoms with Crippen LogP contribution < -0.4 is 5.56 Å².